The molecular weight excluding hydrogens is 294 g/mol. The van der Waals surface area contributed by atoms with Crippen LogP contribution in [0, 0.1) is 5.92 Å². The molecule has 1 aliphatic heterocycles. The van der Waals surface area contributed by atoms with E-state index in [1.165, 1.54) is 32.5 Å². The highest BCUT2D eigenvalue weighted by Gasteiger charge is 2.21. The van der Waals surface area contributed by atoms with Crippen LogP contribution in [-0.4, -0.2) is 36.8 Å². The molecule has 0 spiro atoms. The third-order valence-corrected chi connectivity index (χ3v) is 4.41. The van der Waals surface area contributed by atoms with Crippen molar-refractivity contribution in [3.05, 3.63) is 23.7 Å². The maximum atomic E-state index is 12.1. The molecular formula is C15H24F2N2OS. The highest BCUT2D eigenvalue weighted by atomic mass is 32.2. The first-order valence-corrected chi connectivity index (χ1v) is 8.62. The Bertz CT molecular complexity index is 414. The average molecular weight is 318 g/mol. The topological polar surface area (TPSA) is 28.4 Å². The van der Waals surface area contributed by atoms with E-state index in [1.54, 1.807) is 6.07 Å². The largest absolute Gasteiger partial charge is 0.464 e. The van der Waals surface area contributed by atoms with E-state index in [0.29, 0.717) is 30.0 Å². The Hall–Kier alpha value is -0.590. The van der Waals surface area contributed by atoms with Crippen molar-refractivity contribution in [1.29, 1.82) is 0 Å². The van der Waals surface area contributed by atoms with Gasteiger partial charge in [0, 0.05) is 6.54 Å². The van der Waals surface area contributed by atoms with Crippen molar-refractivity contribution in [2.45, 2.75) is 37.8 Å². The van der Waals surface area contributed by atoms with Gasteiger partial charge in [0.1, 0.15) is 11.5 Å². The van der Waals surface area contributed by atoms with Gasteiger partial charge in [-0.25, -0.2) is 0 Å². The first kappa shape index (κ1) is 16.8. The van der Waals surface area contributed by atoms with E-state index in [-0.39, 0.29) is 5.75 Å². The van der Waals surface area contributed by atoms with Crippen LogP contribution in [0.15, 0.2) is 16.5 Å². The van der Waals surface area contributed by atoms with Crippen LogP contribution in [0.4, 0.5) is 8.78 Å². The molecule has 1 aromatic rings. The molecule has 1 unspecified atom stereocenters. The standard InChI is InChI=1S/C15H24F2N2OS/c1-2-6-19-7-5-12(10-19)8-18-9-13-3-4-14(20-13)11-21-15(16)17/h3-4,12,15,18H,2,5-11H2,1H3. The molecule has 0 aliphatic carbocycles. The van der Waals surface area contributed by atoms with Crippen molar-refractivity contribution in [3.8, 4) is 0 Å². The van der Waals surface area contributed by atoms with E-state index >= 15 is 0 Å². The van der Waals surface area contributed by atoms with Crippen LogP contribution in [0.25, 0.3) is 0 Å². The lowest BCUT2D eigenvalue weighted by Crippen LogP contribution is -2.26. The van der Waals surface area contributed by atoms with E-state index in [2.05, 4.69) is 17.1 Å². The summed E-state index contributed by atoms with van der Waals surface area (Å²) in [6, 6.07) is 3.65. The van der Waals surface area contributed by atoms with Crippen LogP contribution in [0.3, 0.4) is 0 Å². The fourth-order valence-corrected chi connectivity index (χ4v) is 3.18. The minimum atomic E-state index is -2.34. The zero-order chi connectivity index (χ0) is 15.1. The van der Waals surface area contributed by atoms with Gasteiger partial charge in [0.15, 0.2) is 0 Å². The fourth-order valence-electron chi connectivity index (χ4n) is 2.74. The first-order valence-electron chi connectivity index (χ1n) is 7.57. The smallest absolute Gasteiger partial charge is 0.284 e. The van der Waals surface area contributed by atoms with Gasteiger partial charge in [-0.2, -0.15) is 8.78 Å². The Balaban J connectivity index is 1.63. The van der Waals surface area contributed by atoms with Crippen molar-refractivity contribution in [2.75, 3.05) is 26.2 Å². The second-order valence-corrected chi connectivity index (χ2v) is 6.50. The molecule has 1 fully saturated rings. The Kier molecular flexibility index (Phi) is 6.99. The van der Waals surface area contributed by atoms with Crippen LogP contribution in [0.5, 0.6) is 0 Å². The second-order valence-electron chi connectivity index (χ2n) is 5.53. The summed E-state index contributed by atoms with van der Waals surface area (Å²) in [4.78, 5) is 2.51. The number of nitrogens with one attached hydrogen (secondary N) is 1. The number of alkyl halides is 2. The average Bonchev–Trinajstić information content (AvgIpc) is 3.07. The number of halogens is 2. The van der Waals surface area contributed by atoms with E-state index in [1.807, 2.05) is 6.07 Å². The predicted molar refractivity (Wildman–Crippen MR) is 82.6 cm³/mol. The number of hydrogen-bond donors (Lipinski definition) is 1. The van der Waals surface area contributed by atoms with Crippen LogP contribution in [0.1, 0.15) is 31.3 Å². The molecule has 120 valence electrons. The molecule has 1 aromatic heterocycles. The van der Waals surface area contributed by atoms with Crippen LogP contribution in [0.2, 0.25) is 0 Å². The van der Waals surface area contributed by atoms with Gasteiger partial charge in [0.25, 0.3) is 5.76 Å². The summed E-state index contributed by atoms with van der Waals surface area (Å²) in [6.45, 7) is 7.45. The third kappa shape index (κ3) is 5.96. The minimum absolute atomic E-state index is 0.228. The zero-order valence-electron chi connectivity index (χ0n) is 12.5. The highest BCUT2D eigenvalue weighted by molar-refractivity contribution is 7.98. The van der Waals surface area contributed by atoms with Crippen LogP contribution < -0.4 is 5.32 Å². The molecule has 21 heavy (non-hydrogen) atoms. The third-order valence-electron chi connectivity index (χ3n) is 3.71. The van der Waals surface area contributed by atoms with Gasteiger partial charge >= 0.3 is 0 Å². The van der Waals surface area contributed by atoms with Crippen molar-refractivity contribution in [2.24, 2.45) is 5.92 Å². The van der Waals surface area contributed by atoms with Crippen LogP contribution >= 0.6 is 11.8 Å². The SMILES string of the molecule is CCCN1CCC(CNCc2ccc(CSC(F)F)o2)C1. The molecule has 1 saturated heterocycles. The van der Waals surface area contributed by atoms with E-state index in [4.69, 9.17) is 4.42 Å². The molecule has 3 nitrogen and oxygen atoms in total. The lowest BCUT2D eigenvalue weighted by Gasteiger charge is -2.14. The summed E-state index contributed by atoms with van der Waals surface area (Å²) >= 11 is 0.594. The molecule has 0 radical (unpaired) electrons. The zero-order valence-corrected chi connectivity index (χ0v) is 13.3. The van der Waals surface area contributed by atoms with Gasteiger partial charge in [-0.15, -0.1) is 0 Å². The molecule has 1 aliphatic rings. The Labute approximate surface area is 129 Å². The fraction of sp³-hybridized carbons (Fsp3) is 0.733. The molecule has 0 bridgehead atoms. The minimum Gasteiger partial charge on any atom is -0.464 e. The number of nitrogens with zero attached hydrogens (tertiary/aromatic N) is 1. The summed E-state index contributed by atoms with van der Waals surface area (Å²) in [5.41, 5.74) is 0. The Morgan fingerprint density at radius 1 is 1.43 bits per heavy atom. The number of rotatable bonds is 9. The number of thioether (sulfide) groups is 1. The van der Waals surface area contributed by atoms with Gasteiger partial charge in [0.05, 0.1) is 12.3 Å². The highest BCUT2D eigenvalue weighted by Crippen LogP contribution is 2.21. The van der Waals surface area contributed by atoms with Crippen molar-refractivity contribution in [1.82, 2.24) is 10.2 Å². The molecule has 0 amide bonds. The summed E-state index contributed by atoms with van der Waals surface area (Å²) in [5.74, 6) is 0.0348. The summed E-state index contributed by atoms with van der Waals surface area (Å²) in [5, 5.41) is 3.41. The summed E-state index contributed by atoms with van der Waals surface area (Å²) in [6.07, 6.45) is 2.47. The monoisotopic (exact) mass is 318 g/mol. The van der Waals surface area contributed by atoms with Gasteiger partial charge in [-0.3, -0.25) is 0 Å². The summed E-state index contributed by atoms with van der Waals surface area (Å²) in [7, 11) is 0. The number of hydrogen-bond acceptors (Lipinski definition) is 4. The van der Waals surface area contributed by atoms with E-state index in [9.17, 15) is 8.78 Å². The molecule has 1 atom stereocenters. The van der Waals surface area contributed by atoms with Crippen molar-refractivity contribution >= 4 is 11.8 Å². The number of likely N-dealkylation sites (tertiary alicyclic amines) is 1. The molecule has 1 N–H and O–H groups in total. The maximum Gasteiger partial charge on any atom is 0.284 e. The molecule has 2 rings (SSSR count). The maximum absolute atomic E-state index is 12.1. The van der Waals surface area contributed by atoms with Gasteiger partial charge < -0.3 is 14.6 Å². The van der Waals surface area contributed by atoms with Crippen molar-refractivity contribution < 1.29 is 13.2 Å². The first-order chi connectivity index (χ1) is 10.2. The summed E-state index contributed by atoms with van der Waals surface area (Å²) < 4.78 is 29.7. The lowest BCUT2D eigenvalue weighted by atomic mass is 10.1. The van der Waals surface area contributed by atoms with Crippen molar-refractivity contribution in [3.63, 3.8) is 0 Å². The molecule has 2 heterocycles. The Morgan fingerprint density at radius 3 is 3.00 bits per heavy atom. The molecule has 6 heteroatoms. The quantitative estimate of drug-likeness (QED) is 0.754. The van der Waals surface area contributed by atoms with E-state index in [0.717, 1.165) is 12.3 Å². The molecule has 0 aromatic carbocycles. The normalized spacial score (nSPS) is 19.7. The predicted octanol–water partition coefficient (Wildman–Crippen LogP) is 3.56. The van der Waals surface area contributed by atoms with E-state index < -0.39 is 5.76 Å². The Morgan fingerprint density at radius 2 is 2.24 bits per heavy atom. The lowest BCUT2D eigenvalue weighted by molar-refractivity contribution is 0.251. The van der Waals surface area contributed by atoms with Gasteiger partial charge in [0.2, 0.25) is 0 Å². The second kappa shape index (κ2) is 8.76. The van der Waals surface area contributed by atoms with Gasteiger partial charge in [-0.05, 0) is 50.5 Å². The molecule has 0 saturated carbocycles. The van der Waals surface area contributed by atoms with Gasteiger partial charge in [-0.1, -0.05) is 18.7 Å². The number of furan rings is 1. The van der Waals surface area contributed by atoms with Crippen LogP contribution in [-0.2, 0) is 12.3 Å².